The predicted octanol–water partition coefficient (Wildman–Crippen LogP) is 2.75. The van der Waals surface area contributed by atoms with Gasteiger partial charge in [-0.2, -0.15) is 0 Å². The third-order valence-electron chi connectivity index (χ3n) is 2.51. The van der Waals surface area contributed by atoms with Crippen LogP contribution in [0.1, 0.15) is 13.8 Å². The normalized spacial score (nSPS) is 11.7. The minimum Gasteiger partial charge on any atom is -0.364 e. The molecule has 0 aliphatic rings. The lowest BCUT2D eigenvalue weighted by Crippen LogP contribution is -2.34. The van der Waals surface area contributed by atoms with Gasteiger partial charge in [-0.3, -0.25) is 10.1 Å². The summed E-state index contributed by atoms with van der Waals surface area (Å²) < 4.78 is 0.595. The first-order chi connectivity index (χ1) is 8.71. The molecule has 1 aromatic heterocycles. The van der Waals surface area contributed by atoms with Gasteiger partial charge < -0.3 is 10.2 Å². The average Bonchev–Trinajstić information content (AvgIpc) is 2.25. The highest BCUT2D eigenvalue weighted by molar-refractivity contribution is 9.10. The molecular formula is C12H19BrN4O2. The molecule has 1 aromatic rings. The minimum atomic E-state index is -0.432. The number of nitrogens with one attached hydrogen (secondary N) is 1. The summed E-state index contributed by atoms with van der Waals surface area (Å²) in [5.74, 6) is 0.306. The van der Waals surface area contributed by atoms with Gasteiger partial charge in [0.1, 0.15) is 0 Å². The Morgan fingerprint density at radius 2 is 2.16 bits per heavy atom. The fourth-order valence-electron chi connectivity index (χ4n) is 1.94. The van der Waals surface area contributed by atoms with Gasteiger partial charge in [0.2, 0.25) is 5.82 Å². The minimum absolute atomic E-state index is 0.00782. The summed E-state index contributed by atoms with van der Waals surface area (Å²) in [6.45, 7) is 5.69. The smallest absolute Gasteiger partial charge is 0.312 e. The van der Waals surface area contributed by atoms with Crippen LogP contribution in [0.2, 0.25) is 0 Å². The lowest BCUT2D eigenvalue weighted by molar-refractivity contribution is -0.384. The van der Waals surface area contributed by atoms with Crippen LogP contribution in [0.5, 0.6) is 0 Å². The summed E-state index contributed by atoms with van der Waals surface area (Å²) in [5.41, 5.74) is -0.0263. The van der Waals surface area contributed by atoms with Crippen molar-refractivity contribution < 1.29 is 4.92 Å². The largest absolute Gasteiger partial charge is 0.364 e. The Morgan fingerprint density at radius 1 is 1.53 bits per heavy atom. The fourth-order valence-corrected chi connectivity index (χ4v) is 2.26. The van der Waals surface area contributed by atoms with Gasteiger partial charge in [0.05, 0.1) is 4.92 Å². The van der Waals surface area contributed by atoms with Crippen LogP contribution in [0.25, 0.3) is 0 Å². The molecule has 1 rings (SSSR count). The van der Waals surface area contributed by atoms with Crippen LogP contribution in [0.15, 0.2) is 16.7 Å². The second-order valence-corrected chi connectivity index (χ2v) is 6.45. The molecule has 0 atom stereocenters. The van der Waals surface area contributed by atoms with Crippen molar-refractivity contribution in [3.05, 3.63) is 26.9 Å². The van der Waals surface area contributed by atoms with Crippen molar-refractivity contribution in [3.63, 3.8) is 0 Å². The van der Waals surface area contributed by atoms with Gasteiger partial charge >= 0.3 is 5.69 Å². The van der Waals surface area contributed by atoms with Gasteiger partial charge in [0, 0.05) is 29.8 Å². The molecule has 0 radical (unpaired) electrons. The predicted molar refractivity (Wildman–Crippen MR) is 79.4 cm³/mol. The molecule has 0 unspecified atom stereocenters. The van der Waals surface area contributed by atoms with Crippen LogP contribution < -0.4 is 5.32 Å². The van der Waals surface area contributed by atoms with Gasteiger partial charge in [-0.05, 0) is 35.4 Å². The molecule has 0 bridgehead atoms. The zero-order chi connectivity index (χ0) is 14.6. The van der Waals surface area contributed by atoms with E-state index >= 15 is 0 Å². The van der Waals surface area contributed by atoms with Gasteiger partial charge in [-0.15, -0.1) is 0 Å². The van der Waals surface area contributed by atoms with Crippen molar-refractivity contribution in [2.45, 2.75) is 13.8 Å². The number of hydrogen-bond donors (Lipinski definition) is 1. The maximum absolute atomic E-state index is 11.0. The molecule has 0 saturated heterocycles. The second kappa shape index (κ2) is 6.29. The summed E-state index contributed by atoms with van der Waals surface area (Å²) in [4.78, 5) is 16.7. The van der Waals surface area contributed by atoms with Crippen molar-refractivity contribution in [3.8, 4) is 0 Å². The maximum atomic E-state index is 11.0. The lowest BCUT2D eigenvalue weighted by Gasteiger charge is -2.28. The van der Waals surface area contributed by atoms with Crippen molar-refractivity contribution in [1.82, 2.24) is 9.88 Å². The molecular weight excluding hydrogens is 312 g/mol. The van der Waals surface area contributed by atoms with Crippen LogP contribution >= 0.6 is 15.9 Å². The number of nitrogens with zero attached hydrogens (tertiary/aromatic N) is 3. The van der Waals surface area contributed by atoms with E-state index in [-0.39, 0.29) is 11.1 Å². The Hall–Kier alpha value is -1.21. The van der Waals surface area contributed by atoms with Crippen molar-refractivity contribution >= 4 is 27.4 Å². The van der Waals surface area contributed by atoms with Crippen LogP contribution in [-0.4, -0.2) is 42.0 Å². The molecule has 7 heteroatoms. The molecule has 0 spiro atoms. The number of nitro groups is 1. The highest BCUT2D eigenvalue weighted by Crippen LogP contribution is 2.26. The summed E-state index contributed by atoms with van der Waals surface area (Å²) in [5, 5.41) is 14.0. The number of hydrogen-bond acceptors (Lipinski definition) is 5. The van der Waals surface area contributed by atoms with E-state index in [9.17, 15) is 10.1 Å². The van der Waals surface area contributed by atoms with Gasteiger partial charge in [-0.1, -0.05) is 13.8 Å². The number of rotatable bonds is 6. The van der Waals surface area contributed by atoms with Crippen LogP contribution in [0, 0.1) is 15.5 Å². The second-order valence-electron chi connectivity index (χ2n) is 5.53. The van der Waals surface area contributed by atoms with Gasteiger partial charge in [0.15, 0.2) is 0 Å². The molecule has 19 heavy (non-hydrogen) atoms. The van der Waals surface area contributed by atoms with Crippen LogP contribution in [0.3, 0.4) is 0 Å². The summed E-state index contributed by atoms with van der Waals surface area (Å²) in [6.07, 6.45) is 1.55. The highest BCUT2D eigenvalue weighted by atomic mass is 79.9. The first kappa shape index (κ1) is 15.8. The summed E-state index contributed by atoms with van der Waals surface area (Å²) in [6, 6.07) is 1.45. The van der Waals surface area contributed by atoms with Crippen LogP contribution in [0.4, 0.5) is 11.5 Å². The van der Waals surface area contributed by atoms with Crippen molar-refractivity contribution in [1.29, 1.82) is 0 Å². The van der Waals surface area contributed by atoms with E-state index < -0.39 is 4.92 Å². The Bertz CT molecular complexity index is 463. The number of pyridine rings is 1. The SMILES string of the molecule is CN(C)CC(C)(C)CNc1ncc(Br)cc1[N+](=O)[O-]. The molecule has 0 aliphatic carbocycles. The first-order valence-electron chi connectivity index (χ1n) is 5.90. The molecule has 0 aliphatic heterocycles. The number of halogens is 1. The van der Waals surface area contributed by atoms with Crippen molar-refractivity contribution in [2.75, 3.05) is 32.5 Å². The third kappa shape index (κ3) is 5.12. The molecule has 0 aromatic carbocycles. The van der Waals surface area contributed by atoms with Crippen molar-refractivity contribution in [2.24, 2.45) is 5.41 Å². The Morgan fingerprint density at radius 3 is 2.68 bits per heavy atom. The van der Waals surface area contributed by atoms with E-state index in [1.165, 1.54) is 6.07 Å². The number of aromatic nitrogens is 1. The molecule has 0 fully saturated rings. The molecule has 106 valence electrons. The maximum Gasteiger partial charge on any atom is 0.312 e. The average molecular weight is 331 g/mol. The highest BCUT2D eigenvalue weighted by Gasteiger charge is 2.22. The van der Waals surface area contributed by atoms with E-state index in [0.29, 0.717) is 16.8 Å². The zero-order valence-electron chi connectivity index (χ0n) is 11.6. The molecule has 0 saturated carbocycles. The number of anilines is 1. The first-order valence-corrected chi connectivity index (χ1v) is 6.69. The molecule has 1 N–H and O–H groups in total. The fraction of sp³-hybridized carbons (Fsp3) is 0.583. The zero-order valence-corrected chi connectivity index (χ0v) is 13.2. The van der Waals surface area contributed by atoms with E-state index in [4.69, 9.17) is 0 Å². The summed E-state index contributed by atoms with van der Waals surface area (Å²) >= 11 is 3.19. The van der Waals surface area contributed by atoms with Gasteiger partial charge in [-0.25, -0.2) is 4.98 Å². The molecule has 0 amide bonds. The van der Waals surface area contributed by atoms with E-state index in [1.54, 1.807) is 6.20 Å². The third-order valence-corrected chi connectivity index (χ3v) is 2.94. The van der Waals surface area contributed by atoms with E-state index in [2.05, 4.69) is 45.0 Å². The Balaban J connectivity index is 2.80. The van der Waals surface area contributed by atoms with E-state index in [0.717, 1.165) is 6.54 Å². The summed E-state index contributed by atoms with van der Waals surface area (Å²) in [7, 11) is 4.00. The Kier molecular flexibility index (Phi) is 5.25. The van der Waals surface area contributed by atoms with Crippen LogP contribution in [-0.2, 0) is 0 Å². The molecule has 6 nitrogen and oxygen atoms in total. The lowest BCUT2D eigenvalue weighted by atomic mass is 9.93. The standard InChI is InChI=1S/C12H19BrN4O2/c1-12(2,8-16(3)4)7-15-11-10(17(18)19)5-9(13)6-14-11/h5-6H,7-8H2,1-4H3,(H,14,15). The van der Waals surface area contributed by atoms with Gasteiger partial charge in [0.25, 0.3) is 0 Å². The molecule has 1 heterocycles. The Labute approximate surface area is 121 Å². The monoisotopic (exact) mass is 330 g/mol. The quantitative estimate of drug-likeness (QED) is 0.641. The van der Waals surface area contributed by atoms with E-state index in [1.807, 2.05) is 14.1 Å². The topological polar surface area (TPSA) is 71.3 Å².